The molecule has 20 heavy (non-hydrogen) atoms. The van der Waals surface area contributed by atoms with Gasteiger partial charge in [0.15, 0.2) is 0 Å². The minimum Gasteiger partial charge on any atom is -0.378 e. The van der Waals surface area contributed by atoms with E-state index in [0.29, 0.717) is 5.92 Å². The lowest BCUT2D eigenvalue weighted by Gasteiger charge is -2.27. The average Bonchev–Trinajstić information content (AvgIpc) is 3.32. The van der Waals surface area contributed by atoms with Crippen LogP contribution in [0.25, 0.3) is 0 Å². The number of hydrogen-bond donors (Lipinski definition) is 1. The Balaban J connectivity index is 1.89. The van der Waals surface area contributed by atoms with Gasteiger partial charge in [0.1, 0.15) is 5.82 Å². The Hall–Kier alpha value is -0.630. The third-order valence-electron chi connectivity index (χ3n) is 3.67. The van der Waals surface area contributed by atoms with Crippen LogP contribution >= 0.6 is 22.6 Å². The lowest BCUT2D eigenvalue weighted by molar-refractivity contribution is 0.122. The first-order valence-electron chi connectivity index (χ1n) is 7.43. The number of nitrogens with zero attached hydrogens (tertiary/aromatic N) is 3. The van der Waals surface area contributed by atoms with Gasteiger partial charge < -0.3 is 15.0 Å². The first-order chi connectivity index (χ1) is 9.79. The maximum atomic E-state index is 5.42. The van der Waals surface area contributed by atoms with E-state index in [1.54, 1.807) is 0 Å². The van der Waals surface area contributed by atoms with Gasteiger partial charge in [-0.15, -0.1) is 0 Å². The van der Waals surface area contributed by atoms with Gasteiger partial charge in [0.25, 0.3) is 0 Å². The van der Waals surface area contributed by atoms with E-state index in [4.69, 9.17) is 14.7 Å². The Morgan fingerprint density at radius 3 is 2.70 bits per heavy atom. The van der Waals surface area contributed by atoms with Crippen LogP contribution in [-0.2, 0) is 4.74 Å². The molecule has 0 atom stereocenters. The van der Waals surface area contributed by atoms with Crippen LogP contribution in [0.1, 0.15) is 37.8 Å². The molecule has 1 saturated carbocycles. The van der Waals surface area contributed by atoms with Crippen LogP contribution < -0.4 is 10.2 Å². The second kappa shape index (κ2) is 6.43. The highest BCUT2D eigenvalue weighted by atomic mass is 127. The molecule has 0 spiro atoms. The molecule has 6 heteroatoms. The zero-order valence-electron chi connectivity index (χ0n) is 11.9. The lowest BCUT2D eigenvalue weighted by Crippen LogP contribution is -2.37. The van der Waals surface area contributed by atoms with Crippen LogP contribution in [0, 0.1) is 3.57 Å². The molecular weight excluding hydrogens is 367 g/mol. The van der Waals surface area contributed by atoms with Crippen molar-refractivity contribution in [3.63, 3.8) is 0 Å². The number of rotatable bonds is 5. The smallest absolute Gasteiger partial charge is 0.227 e. The van der Waals surface area contributed by atoms with Crippen molar-refractivity contribution in [1.82, 2.24) is 9.97 Å². The van der Waals surface area contributed by atoms with E-state index in [0.717, 1.165) is 51.0 Å². The summed E-state index contributed by atoms with van der Waals surface area (Å²) in [5.41, 5.74) is 1.24. The molecule has 0 amide bonds. The van der Waals surface area contributed by atoms with Gasteiger partial charge in [-0.2, -0.15) is 4.98 Å². The van der Waals surface area contributed by atoms with Gasteiger partial charge in [0.2, 0.25) is 5.95 Å². The monoisotopic (exact) mass is 388 g/mol. The summed E-state index contributed by atoms with van der Waals surface area (Å²) in [7, 11) is 0. The third kappa shape index (κ3) is 3.16. The number of aromatic nitrogens is 2. The van der Waals surface area contributed by atoms with E-state index in [2.05, 4.69) is 39.7 Å². The maximum Gasteiger partial charge on any atom is 0.227 e. The van der Waals surface area contributed by atoms with Crippen LogP contribution in [0.2, 0.25) is 0 Å². The summed E-state index contributed by atoms with van der Waals surface area (Å²) in [6, 6.07) is 0. The van der Waals surface area contributed by atoms with Crippen LogP contribution in [0.15, 0.2) is 0 Å². The Morgan fingerprint density at radius 2 is 2.05 bits per heavy atom. The van der Waals surface area contributed by atoms with Gasteiger partial charge in [0, 0.05) is 25.6 Å². The predicted molar refractivity (Wildman–Crippen MR) is 88.5 cm³/mol. The topological polar surface area (TPSA) is 50.3 Å². The van der Waals surface area contributed by atoms with Crippen LogP contribution in [0.4, 0.5) is 11.8 Å². The number of ether oxygens (including phenoxy) is 1. The quantitative estimate of drug-likeness (QED) is 0.786. The second-order valence-electron chi connectivity index (χ2n) is 5.37. The molecule has 1 saturated heterocycles. The van der Waals surface area contributed by atoms with Crippen molar-refractivity contribution in [3.05, 3.63) is 9.26 Å². The van der Waals surface area contributed by atoms with Gasteiger partial charge in [0.05, 0.1) is 22.5 Å². The van der Waals surface area contributed by atoms with Crippen molar-refractivity contribution in [1.29, 1.82) is 0 Å². The van der Waals surface area contributed by atoms with E-state index in [9.17, 15) is 0 Å². The van der Waals surface area contributed by atoms with E-state index < -0.39 is 0 Å². The third-order valence-corrected chi connectivity index (χ3v) is 4.73. The van der Waals surface area contributed by atoms with E-state index in [1.807, 2.05) is 0 Å². The molecule has 1 aromatic heterocycles. The second-order valence-corrected chi connectivity index (χ2v) is 6.45. The molecule has 5 nitrogen and oxygen atoms in total. The first kappa shape index (κ1) is 14.3. The van der Waals surface area contributed by atoms with Crippen molar-refractivity contribution < 1.29 is 4.74 Å². The number of halogens is 1. The van der Waals surface area contributed by atoms with Crippen LogP contribution in [0.5, 0.6) is 0 Å². The average molecular weight is 388 g/mol. The fourth-order valence-corrected chi connectivity index (χ4v) is 3.22. The van der Waals surface area contributed by atoms with E-state index in [1.165, 1.54) is 22.1 Å². The molecule has 0 unspecified atom stereocenters. The molecule has 2 fully saturated rings. The fourth-order valence-electron chi connectivity index (χ4n) is 2.34. The summed E-state index contributed by atoms with van der Waals surface area (Å²) in [6.07, 6.45) is 3.64. The zero-order chi connectivity index (χ0) is 13.9. The van der Waals surface area contributed by atoms with E-state index in [-0.39, 0.29) is 0 Å². The van der Waals surface area contributed by atoms with Gasteiger partial charge in [-0.25, -0.2) is 4.98 Å². The minimum atomic E-state index is 0.645. The normalized spacial score (nSPS) is 19.2. The molecule has 1 aromatic rings. The predicted octanol–water partition coefficient (Wildman–Crippen LogP) is 2.62. The summed E-state index contributed by atoms with van der Waals surface area (Å²) < 4.78 is 6.62. The molecule has 110 valence electrons. The Kier molecular flexibility index (Phi) is 4.60. The van der Waals surface area contributed by atoms with Gasteiger partial charge in [-0.05, 0) is 41.9 Å². The molecule has 1 aliphatic carbocycles. The fraction of sp³-hybridized carbons (Fsp3) is 0.714. The first-order valence-corrected chi connectivity index (χ1v) is 8.51. The van der Waals surface area contributed by atoms with Gasteiger partial charge >= 0.3 is 0 Å². The number of nitrogens with one attached hydrogen (secondary N) is 1. The molecule has 2 heterocycles. The molecule has 0 radical (unpaired) electrons. The molecule has 2 aliphatic rings. The molecule has 3 rings (SSSR count). The zero-order valence-corrected chi connectivity index (χ0v) is 14.0. The largest absolute Gasteiger partial charge is 0.378 e. The lowest BCUT2D eigenvalue weighted by atomic mass is 10.2. The highest BCUT2D eigenvalue weighted by molar-refractivity contribution is 14.1. The van der Waals surface area contributed by atoms with Crippen molar-refractivity contribution in [2.45, 2.75) is 32.1 Å². The summed E-state index contributed by atoms with van der Waals surface area (Å²) in [5, 5.41) is 3.45. The Labute approximate surface area is 133 Å². The summed E-state index contributed by atoms with van der Waals surface area (Å²) in [6.45, 7) is 6.44. The van der Waals surface area contributed by atoms with Crippen molar-refractivity contribution in [2.75, 3.05) is 43.1 Å². The molecule has 1 N–H and O–H groups in total. The number of hydrogen-bond acceptors (Lipinski definition) is 5. The highest BCUT2D eigenvalue weighted by Crippen LogP contribution is 2.42. The Bertz CT molecular complexity index is 472. The molecule has 0 bridgehead atoms. The van der Waals surface area contributed by atoms with Crippen molar-refractivity contribution in [3.8, 4) is 0 Å². The summed E-state index contributed by atoms with van der Waals surface area (Å²) in [5.74, 6) is 2.52. The molecular formula is C14H21IN4O. The maximum absolute atomic E-state index is 5.42. The van der Waals surface area contributed by atoms with Gasteiger partial charge in [-0.3, -0.25) is 0 Å². The molecule has 0 aromatic carbocycles. The minimum absolute atomic E-state index is 0.645. The van der Waals surface area contributed by atoms with E-state index >= 15 is 0 Å². The van der Waals surface area contributed by atoms with Crippen LogP contribution in [-0.4, -0.2) is 42.8 Å². The summed E-state index contributed by atoms with van der Waals surface area (Å²) >= 11 is 2.39. The molecule has 1 aliphatic heterocycles. The summed E-state index contributed by atoms with van der Waals surface area (Å²) in [4.78, 5) is 11.8. The number of anilines is 2. The van der Waals surface area contributed by atoms with Crippen molar-refractivity contribution >= 4 is 34.4 Å². The Morgan fingerprint density at radius 1 is 1.30 bits per heavy atom. The SMILES string of the molecule is CCCNc1nc(N2CCOCC2)nc(C2CC2)c1I. The standard InChI is InChI=1S/C14H21IN4O/c1-2-5-16-13-11(15)12(10-3-4-10)17-14(18-13)19-6-8-20-9-7-19/h10H,2-9H2,1H3,(H,16,17,18). The van der Waals surface area contributed by atoms with Crippen molar-refractivity contribution in [2.24, 2.45) is 0 Å². The number of morpholine rings is 1. The van der Waals surface area contributed by atoms with Gasteiger partial charge in [-0.1, -0.05) is 6.92 Å². The van der Waals surface area contributed by atoms with Crippen LogP contribution in [0.3, 0.4) is 0 Å². The highest BCUT2D eigenvalue weighted by Gasteiger charge is 2.30.